The van der Waals surface area contributed by atoms with Crippen molar-refractivity contribution in [3.63, 3.8) is 0 Å². The molecule has 6 nitrogen and oxygen atoms in total. The lowest BCUT2D eigenvalue weighted by Crippen LogP contribution is -2.27. The van der Waals surface area contributed by atoms with Gasteiger partial charge in [-0.1, -0.05) is 5.16 Å². The number of nitrogens with zero attached hydrogens (tertiary/aromatic N) is 1. The summed E-state index contributed by atoms with van der Waals surface area (Å²) in [7, 11) is 3.17. The molecule has 112 valence electrons. The highest BCUT2D eigenvalue weighted by molar-refractivity contribution is 5.92. The predicted molar refractivity (Wildman–Crippen MR) is 76.7 cm³/mol. The van der Waals surface area contributed by atoms with Gasteiger partial charge in [0.15, 0.2) is 5.69 Å². The summed E-state index contributed by atoms with van der Waals surface area (Å²) in [5.41, 5.74) is 1.08. The van der Waals surface area contributed by atoms with Gasteiger partial charge in [0.2, 0.25) is 0 Å². The van der Waals surface area contributed by atoms with Gasteiger partial charge in [-0.05, 0) is 32.0 Å². The predicted octanol–water partition coefficient (Wildman–Crippen LogP) is 2.49. The molecule has 0 saturated heterocycles. The van der Waals surface area contributed by atoms with E-state index in [1.165, 1.54) is 0 Å². The average Bonchev–Trinajstić information content (AvgIpc) is 2.93. The van der Waals surface area contributed by atoms with Crippen LogP contribution in [0.15, 0.2) is 28.8 Å². The van der Waals surface area contributed by atoms with Gasteiger partial charge in [0, 0.05) is 11.6 Å². The van der Waals surface area contributed by atoms with Crippen molar-refractivity contribution < 1.29 is 18.8 Å². The zero-order valence-electron chi connectivity index (χ0n) is 12.5. The normalized spacial score (nSPS) is 11.8. The van der Waals surface area contributed by atoms with E-state index in [1.54, 1.807) is 39.3 Å². The molecule has 0 radical (unpaired) electrons. The van der Waals surface area contributed by atoms with Crippen molar-refractivity contribution in [2.75, 3.05) is 14.2 Å². The first-order valence-corrected chi connectivity index (χ1v) is 6.51. The van der Waals surface area contributed by atoms with Crippen molar-refractivity contribution in [2.24, 2.45) is 0 Å². The monoisotopic (exact) mass is 290 g/mol. The van der Waals surface area contributed by atoms with Crippen molar-refractivity contribution in [3.05, 3.63) is 41.3 Å². The summed E-state index contributed by atoms with van der Waals surface area (Å²) in [5.74, 6) is 1.67. The average molecular weight is 290 g/mol. The summed E-state index contributed by atoms with van der Waals surface area (Å²) in [5, 5.41) is 6.55. The molecule has 0 spiro atoms. The van der Waals surface area contributed by atoms with Crippen molar-refractivity contribution in [3.8, 4) is 11.5 Å². The molecule has 1 aromatic carbocycles. The molecule has 2 rings (SSSR count). The highest BCUT2D eigenvalue weighted by Gasteiger charge is 2.18. The fourth-order valence-electron chi connectivity index (χ4n) is 2.00. The third kappa shape index (κ3) is 3.34. The molecule has 1 N–H and O–H groups in total. The van der Waals surface area contributed by atoms with Crippen LogP contribution < -0.4 is 14.8 Å². The first kappa shape index (κ1) is 14.9. The van der Waals surface area contributed by atoms with Crippen LogP contribution in [0, 0.1) is 6.92 Å². The van der Waals surface area contributed by atoms with Gasteiger partial charge >= 0.3 is 0 Å². The molecule has 6 heteroatoms. The summed E-state index contributed by atoms with van der Waals surface area (Å²) in [6.07, 6.45) is 0. The maximum Gasteiger partial charge on any atom is 0.273 e. The van der Waals surface area contributed by atoms with Crippen molar-refractivity contribution >= 4 is 5.91 Å². The first-order valence-electron chi connectivity index (χ1n) is 6.51. The number of hydrogen-bond acceptors (Lipinski definition) is 5. The Kier molecular flexibility index (Phi) is 4.47. The maximum atomic E-state index is 12.1. The van der Waals surface area contributed by atoms with E-state index < -0.39 is 0 Å². The van der Waals surface area contributed by atoms with E-state index in [4.69, 9.17) is 14.0 Å². The second kappa shape index (κ2) is 6.30. The standard InChI is InChI=1S/C15H18N2O4/c1-9-7-13(17-21-9)15(18)16-10(2)12-8-11(19-3)5-6-14(12)20-4/h5-8,10H,1-4H3,(H,16,18). The Morgan fingerprint density at radius 2 is 2.05 bits per heavy atom. The Morgan fingerprint density at radius 1 is 1.29 bits per heavy atom. The molecule has 1 heterocycles. The minimum Gasteiger partial charge on any atom is -0.497 e. The Morgan fingerprint density at radius 3 is 2.62 bits per heavy atom. The van der Waals surface area contributed by atoms with Gasteiger partial charge in [-0.2, -0.15) is 0 Å². The number of carbonyl (C=O) groups is 1. The number of aryl methyl sites for hydroxylation is 1. The molecule has 1 amide bonds. The van der Waals surface area contributed by atoms with E-state index in [1.807, 2.05) is 13.0 Å². The molecule has 21 heavy (non-hydrogen) atoms. The quantitative estimate of drug-likeness (QED) is 0.915. The summed E-state index contributed by atoms with van der Waals surface area (Å²) >= 11 is 0. The Hall–Kier alpha value is -2.50. The molecule has 0 aliphatic carbocycles. The highest BCUT2D eigenvalue weighted by atomic mass is 16.5. The van der Waals surface area contributed by atoms with E-state index in [2.05, 4.69) is 10.5 Å². The van der Waals surface area contributed by atoms with Crippen LogP contribution >= 0.6 is 0 Å². The third-order valence-corrected chi connectivity index (χ3v) is 3.11. The second-order valence-corrected chi connectivity index (χ2v) is 4.63. The van der Waals surface area contributed by atoms with Gasteiger partial charge in [0.05, 0.1) is 20.3 Å². The van der Waals surface area contributed by atoms with E-state index in [-0.39, 0.29) is 17.6 Å². The van der Waals surface area contributed by atoms with Gasteiger partial charge in [-0.3, -0.25) is 4.79 Å². The number of aromatic nitrogens is 1. The van der Waals surface area contributed by atoms with Crippen LogP contribution in [0.25, 0.3) is 0 Å². The van der Waals surface area contributed by atoms with E-state index in [9.17, 15) is 4.79 Å². The van der Waals surface area contributed by atoms with Crippen molar-refractivity contribution in [1.82, 2.24) is 10.5 Å². The maximum absolute atomic E-state index is 12.1. The second-order valence-electron chi connectivity index (χ2n) is 4.63. The molecule has 0 aliphatic rings. The van der Waals surface area contributed by atoms with E-state index >= 15 is 0 Å². The molecule has 0 saturated carbocycles. The van der Waals surface area contributed by atoms with Crippen LogP contribution in [-0.2, 0) is 0 Å². The zero-order chi connectivity index (χ0) is 15.4. The van der Waals surface area contributed by atoms with Crippen LogP contribution in [0.5, 0.6) is 11.5 Å². The lowest BCUT2D eigenvalue weighted by molar-refractivity contribution is 0.0930. The Balaban J connectivity index is 2.19. The zero-order valence-corrected chi connectivity index (χ0v) is 12.5. The van der Waals surface area contributed by atoms with E-state index in [0.717, 1.165) is 5.56 Å². The molecule has 2 aromatic rings. The summed E-state index contributed by atoms with van der Waals surface area (Å²) in [6.45, 7) is 3.60. The molecule has 1 aromatic heterocycles. The fourth-order valence-corrected chi connectivity index (χ4v) is 2.00. The number of methoxy groups -OCH3 is 2. The highest BCUT2D eigenvalue weighted by Crippen LogP contribution is 2.29. The molecule has 0 fully saturated rings. The number of rotatable bonds is 5. The minimum absolute atomic E-state index is 0.251. The SMILES string of the molecule is COc1ccc(OC)c(C(C)NC(=O)c2cc(C)on2)c1. The topological polar surface area (TPSA) is 73.6 Å². The van der Waals surface area contributed by atoms with E-state index in [0.29, 0.717) is 17.3 Å². The number of nitrogens with one attached hydrogen (secondary N) is 1. The molecule has 1 unspecified atom stereocenters. The largest absolute Gasteiger partial charge is 0.497 e. The van der Waals surface area contributed by atoms with Crippen LogP contribution in [0.4, 0.5) is 0 Å². The summed E-state index contributed by atoms with van der Waals surface area (Å²) in [6, 6.07) is 6.76. The van der Waals surface area contributed by atoms with Gasteiger partial charge < -0.3 is 19.3 Å². The summed E-state index contributed by atoms with van der Waals surface area (Å²) in [4.78, 5) is 12.1. The lowest BCUT2D eigenvalue weighted by atomic mass is 10.1. The van der Waals surface area contributed by atoms with Gasteiger partial charge in [-0.25, -0.2) is 0 Å². The number of hydrogen-bond donors (Lipinski definition) is 1. The van der Waals surface area contributed by atoms with Crippen LogP contribution in [0.1, 0.15) is 34.8 Å². The van der Waals surface area contributed by atoms with Crippen LogP contribution in [-0.4, -0.2) is 25.3 Å². The fraction of sp³-hybridized carbons (Fsp3) is 0.333. The number of amides is 1. The van der Waals surface area contributed by atoms with Gasteiger partial charge in [0.25, 0.3) is 5.91 Å². The summed E-state index contributed by atoms with van der Waals surface area (Å²) < 4.78 is 15.4. The van der Waals surface area contributed by atoms with Gasteiger partial charge in [-0.15, -0.1) is 0 Å². The third-order valence-electron chi connectivity index (χ3n) is 3.11. The molecular weight excluding hydrogens is 272 g/mol. The smallest absolute Gasteiger partial charge is 0.273 e. The van der Waals surface area contributed by atoms with Crippen LogP contribution in [0.3, 0.4) is 0 Å². The minimum atomic E-state index is -0.302. The molecular formula is C15H18N2O4. The number of benzene rings is 1. The van der Waals surface area contributed by atoms with Crippen molar-refractivity contribution in [2.45, 2.75) is 19.9 Å². The molecule has 1 atom stereocenters. The molecule has 0 aliphatic heterocycles. The number of ether oxygens (including phenoxy) is 2. The van der Waals surface area contributed by atoms with Crippen molar-refractivity contribution in [1.29, 1.82) is 0 Å². The van der Waals surface area contributed by atoms with Gasteiger partial charge in [0.1, 0.15) is 17.3 Å². The first-order chi connectivity index (χ1) is 10.0. The lowest BCUT2D eigenvalue weighted by Gasteiger charge is -2.17. The Labute approximate surface area is 123 Å². The molecule has 0 bridgehead atoms. The Bertz CT molecular complexity index is 636. The number of carbonyl (C=O) groups excluding carboxylic acids is 1. The van der Waals surface area contributed by atoms with Crippen LogP contribution in [0.2, 0.25) is 0 Å².